The van der Waals surface area contributed by atoms with Crippen molar-refractivity contribution in [2.75, 3.05) is 30.8 Å². The predicted molar refractivity (Wildman–Crippen MR) is 133 cm³/mol. The zero-order valence-electron chi connectivity index (χ0n) is 19.2. The third-order valence-electron chi connectivity index (χ3n) is 5.51. The molecule has 2 aromatic heterocycles. The molecular weight excluding hydrogens is 446 g/mol. The van der Waals surface area contributed by atoms with Gasteiger partial charge in [-0.15, -0.1) is 0 Å². The van der Waals surface area contributed by atoms with E-state index in [4.69, 9.17) is 16.3 Å². The summed E-state index contributed by atoms with van der Waals surface area (Å²) in [4.78, 5) is 19.6. The molecule has 1 fully saturated rings. The number of hydrogen-bond acceptors (Lipinski definition) is 11. The van der Waals surface area contributed by atoms with Gasteiger partial charge in [-0.25, -0.2) is 15.0 Å². The molecule has 1 atom stereocenters. The molecule has 0 bridgehead atoms. The van der Waals surface area contributed by atoms with E-state index in [1.807, 2.05) is 23.1 Å². The smallest absolute Gasteiger partial charge is 0.221 e. The van der Waals surface area contributed by atoms with Crippen molar-refractivity contribution >= 4 is 23.7 Å². The normalized spacial score (nSPS) is 16.0. The molecule has 11 nitrogen and oxygen atoms in total. The minimum atomic E-state index is -0.325. The van der Waals surface area contributed by atoms with E-state index >= 15 is 0 Å². The van der Waals surface area contributed by atoms with Crippen molar-refractivity contribution in [2.24, 2.45) is 15.9 Å². The predicted octanol–water partition coefficient (Wildman–Crippen LogP) is 1.51. The molecule has 35 heavy (non-hydrogen) atoms. The van der Waals surface area contributed by atoms with Gasteiger partial charge in [-0.2, -0.15) is 10.4 Å². The molecule has 0 spiro atoms. The number of aromatic nitrogens is 3. The number of aliphatic hydroxyl groups is 1. The highest BCUT2D eigenvalue weighted by Gasteiger charge is 2.21. The number of rotatable bonds is 7. The number of pyridine rings is 1. The van der Waals surface area contributed by atoms with Crippen LogP contribution in [0.15, 0.2) is 52.6 Å². The molecule has 5 N–H and O–H groups in total. The molecule has 0 radical (unpaired) electrons. The number of nitriles is 1. The molecule has 1 aliphatic heterocycles. The lowest BCUT2D eigenvalue weighted by molar-refractivity contribution is 0.198. The van der Waals surface area contributed by atoms with Gasteiger partial charge in [0, 0.05) is 18.7 Å². The van der Waals surface area contributed by atoms with Crippen LogP contribution in [-0.2, 0) is 6.54 Å². The maximum Gasteiger partial charge on any atom is 0.221 e. The lowest BCUT2D eigenvalue weighted by Gasteiger charge is -2.16. The number of hydrazone groups is 1. The van der Waals surface area contributed by atoms with Gasteiger partial charge in [0.1, 0.15) is 23.3 Å². The largest absolute Gasteiger partial charge is 0.495 e. The van der Waals surface area contributed by atoms with Crippen molar-refractivity contribution < 1.29 is 9.84 Å². The second kappa shape index (κ2) is 10.6. The maximum absolute atomic E-state index is 9.78. The number of anilines is 2. The third kappa shape index (κ3) is 5.34. The molecule has 0 amide bonds. The molecule has 0 aliphatic carbocycles. The van der Waals surface area contributed by atoms with Gasteiger partial charge in [0.15, 0.2) is 0 Å². The standard InChI is InChI=1S/C24H25N9O2/c1-35-23-15(11-25)4-2-6-18(23)19-10-20(31-24(26)30-19)21(32-27)13-28-12-16-5-3-7-22(29-16)33-9-8-17(34)14-33/h2-7,10,13,17,34H,8-9,12,14,27H2,1H3,(H2,26,30,31). The summed E-state index contributed by atoms with van der Waals surface area (Å²) in [5.74, 6) is 6.83. The van der Waals surface area contributed by atoms with Crippen LogP contribution in [0.5, 0.6) is 5.75 Å². The van der Waals surface area contributed by atoms with E-state index in [9.17, 15) is 10.4 Å². The number of para-hydroxylation sites is 1. The molecule has 1 aliphatic rings. The number of ether oxygens (including phenoxy) is 1. The van der Waals surface area contributed by atoms with Gasteiger partial charge >= 0.3 is 0 Å². The molecule has 1 saturated heterocycles. The average molecular weight is 472 g/mol. The lowest BCUT2D eigenvalue weighted by atomic mass is 10.1. The maximum atomic E-state index is 9.78. The van der Waals surface area contributed by atoms with Gasteiger partial charge in [-0.05, 0) is 36.8 Å². The van der Waals surface area contributed by atoms with Crippen LogP contribution in [-0.4, -0.2) is 58.3 Å². The van der Waals surface area contributed by atoms with Crippen LogP contribution in [0.2, 0.25) is 0 Å². The second-order valence-corrected chi connectivity index (χ2v) is 7.85. The first-order valence-corrected chi connectivity index (χ1v) is 10.9. The van der Waals surface area contributed by atoms with Crippen LogP contribution in [0.1, 0.15) is 23.4 Å². The minimum Gasteiger partial charge on any atom is -0.495 e. The number of hydrogen-bond donors (Lipinski definition) is 3. The van der Waals surface area contributed by atoms with Crippen molar-refractivity contribution in [1.82, 2.24) is 15.0 Å². The van der Waals surface area contributed by atoms with Crippen molar-refractivity contribution in [3.05, 3.63) is 59.4 Å². The van der Waals surface area contributed by atoms with E-state index in [1.54, 1.807) is 24.3 Å². The Hall–Kier alpha value is -4.56. The summed E-state index contributed by atoms with van der Waals surface area (Å²) >= 11 is 0. The molecule has 1 aromatic carbocycles. The summed E-state index contributed by atoms with van der Waals surface area (Å²) in [6.45, 7) is 1.64. The van der Waals surface area contributed by atoms with Crippen LogP contribution in [0.4, 0.5) is 11.8 Å². The Bertz CT molecular complexity index is 1320. The fourth-order valence-electron chi connectivity index (χ4n) is 3.85. The minimum absolute atomic E-state index is 0.0126. The molecule has 0 saturated carbocycles. The van der Waals surface area contributed by atoms with Gasteiger partial charge in [-0.1, -0.05) is 12.1 Å². The van der Waals surface area contributed by atoms with Crippen LogP contribution < -0.4 is 21.2 Å². The molecule has 4 rings (SSSR count). The summed E-state index contributed by atoms with van der Waals surface area (Å²) in [7, 11) is 1.49. The number of nitrogen functional groups attached to an aromatic ring is 1. The van der Waals surface area contributed by atoms with Crippen LogP contribution in [0.3, 0.4) is 0 Å². The highest BCUT2D eigenvalue weighted by molar-refractivity contribution is 6.37. The lowest BCUT2D eigenvalue weighted by Crippen LogP contribution is -2.22. The molecule has 3 heterocycles. The van der Waals surface area contributed by atoms with Gasteiger partial charge in [0.05, 0.1) is 48.6 Å². The van der Waals surface area contributed by atoms with E-state index in [1.165, 1.54) is 13.3 Å². The van der Waals surface area contributed by atoms with E-state index in [0.717, 1.165) is 24.5 Å². The van der Waals surface area contributed by atoms with E-state index in [-0.39, 0.29) is 12.1 Å². The summed E-state index contributed by atoms with van der Waals surface area (Å²) in [6.07, 6.45) is 1.91. The van der Waals surface area contributed by atoms with Crippen LogP contribution in [0, 0.1) is 11.3 Å². The summed E-state index contributed by atoms with van der Waals surface area (Å²) < 4.78 is 5.43. The first-order valence-electron chi connectivity index (χ1n) is 10.9. The van der Waals surface area contributed by atoms with Crippen molar-refractivity contribution in [2.45, 2.75) is 19.1 Å². The summed E-state index contributed by atoms with van der Waals surface area (Å²) in [5, 5.41) is 23.0. The highest BCUT2D eigenvalue weighted by atomic mass is 16.5. The number of nitrogens with two attached hydrogens (primary N) is 2. The van der Waals surface area contributed by atoms with Crippen LogP contribution >= 0.6 is 0 Å². The zero-order valence-corrected chi connectivity index (χ0v) is 19.2. The van der Waals surface area contributed by atoms with E-state index < -0.39 is 0 Å². The Morgan fingerprint density at radius 2 is 2.11 bits per heavy atom. The van der Waals surface area contributed by atoms with Crippen molar-refractivity contribution in [1.29, 1.82) is 5.26 Å². The monoisotopic (exact) mass is 471 g/mol. The molecule has 178 valence electrons. The highest BCUT2D eigenvalue weighted by Crippen LogP contribution is 2.32. The first kappa shape index (κ1) is 23.6. The van der Waals surface area contributed by atoms with Gasteiger partial charge in [0.2, 0.25) is 5.95 Å². The third-order valence-corrected chi connectivity index (χ3v) is 5.51. The summed E-state index contributed by atoms with van der Waals surface area (Å²) in [6, 6.07) is 14.6. The zero-order chi connectivity index (χ0) is 24.8. The van der Waals surface area contributed by atoms with Crippen LogP contribution in [0.25, 0.3) is 11.3 Å². The topological polar surface area (TPSA) is 172 Å². The molecule has 3 aromatic rings. The molecule has 11 heteroatoms. The molecule has 1 unspecified atom stereocenters. The van der Waals surface area contributed by atoms with Gasteiger partial charge in [0.25, 0.3) is 0 Å². The Kier molecular flexibility index (Phi) is 7.13. The Morgan fingerprint density at radius 3 is 2.83 bits per heavy atom. The number of aliphatic imine (C=N–C) groups is 1. The van der Waals surface area contributed by atoms with Gasteiger partial charge in [-0.3, -0.25) is 4.99 Å². The fraction of sp³-hybridized carbons (Fsp3) is 0.250. The SMILES string of the molecule is COc1c(C#N)cccc1-c1cc(C(C=NCc2cccc(N3CCC(O)C3)n2)=NN)nc(N)n1. The van der Waals surface area contributed by atoms with Gasteiger partial charge < -0.3 is 26.3 Å². The number of nitrogens with zero attached hydrogens (tertiary/aromatic N) is 7. The number of benzene rings is 1. The Morgan fingerprint density at radius 1 is 1.29 bits per heavy atom. The number of aliphatic hydroxyl groups excluding tert-OH is 1. The summed E-state index contributed by atoms with van der Waals surface area (Å²) in [5.41, 5.74) is 8.80. The quantitative estimate of drug-likeness (QED) is 0.262. The van der Waals surface area contributed by atoms with Crippen molar-refractivity contribution in [3.63, 3.8) is 0 Å². The number of β-amino-alcohol motifs (C(OH)–C–C–N with tert-alkyl or cyclic N) is 1. The van der Waals surface area contributed by atoms with Crippen molar-refractivity contribution in [3.8, 4) is 23.1 Å². The Balaban J connectivity index is 1.56. The second-order valence-electron chi connectivity index (χ2n) is 7.85. The fourth-order valence-corrected chi connectivity index (χ4v) is 3.85. The number of methoxy groups -OCH3 is 1. The average Bonchev–Trinajstić information content (AvgIpc) is 3.32. The van der Waals surface area contributed by atoms with E-state index in [0.29, 0.717) is 47.1 Å². The first-order chi connectivity index (χ1) is 17.0. The molecular formula is C24H25N9O2. The Labute approximate surface area is 202 Å². The van der Waals surface area contributed by atoms with E-state index in [2.05, 4.69) is 31.1 Å².